The van der Waals surface area contributed by atoms with Gasteiger partial charge in [-0.3, -0.25) is 9.59 Å². The third-order valence-electron chi connectivity index (χ3n) is 6.65. The Morgan fingerprint density at radius 3 is 1.87 bits per heavy atom. The molecule has 0 unspecified atom stereocenters. The first-order chi connectivity index (χ1) is 18.5. The minimum atomic E-state index is -0.643. The molecular weight excluding hydrogens is 536 g/mol. The quantitative estimate of drug-likeness (QED) is 0.217. The lowest BCUT2D eigenvalue weighted by atomic mass is 9.87. The van der Waals surface area contributed by atoms with Crippen molar-refractivity contribution < 1.29 is 9.59 Å². The Morgan fingerprint density at radius 1 is 0.763 bits per heavy atom. The standard InChI is InChI=1S/C33H33BrN2O2/c1-2-35-33(38)31(22-25-13-6-3-7-14-25)36(24-26-15-12-20-29(34)21-26)32(37)23-30(27-16-8-4-9-17-27)28-18-10-5-11-19-28/h3-21,30-31H,2,22-24H2,1H3,(H,35,38)/t31-/m0/s1. The van der Waals surface area contributed by atoms with Gasteiger partial charge in [-0.25, -0.2) is 0 Å². The molecule has 0 radical (unpaired) electrons. The molecule has 38 heavy (non-hydrogen) atoms. The summed E-state index contributed by atoms with van der Waals surface area (Å²) < 4.78 is 0.937. The smallest absolute Gasteiger partial charge is 0.243 e. The number of halogens is 1. The van der Waals surface area contributed by atoms with Gasteiger partial charge in [-0.1, -0.05) is 119 Å². The summed E-state index contributed by atoms with van der Waals surface area (Å²) >= 11 is 3.55. The van der Waals surface area contributed by atoms with E-state index in [4.69, 9.17) is 0 Å². The number of benzene rings is 4. The van der Waals surface area contributed by atoms with Gasteiger partial charge in [0.25, 0.3) is 0 Å². The highest BCUT2D eigenvalue weighted by Crippen LogP contribution is 2.30. The van der Waals surface area contributed by atoms with E-state index in [1.807, 2.05) is 97.9 Å². The van der Waals surface area contributed by atoms with Gasteiger partial charge in [-0.15, -0.1) is 0 Å². The highest BCUT2D eigenvalue weighted by atomic mass is 79.9. The number of nitrogens with zero attached hydrogens (tertiary/aromatic N) is 1. The number of nitrogens with one attached hydrogen (secondary N) is 1. The van der Waals surface area contributed by atoms with Crippen LogP contribution in [0, 0.1) is 0 Å². The van der Waals surface area contributed by atoms with Crippen molar-refractivity contribution in [3.05, 3.63) is 142 Å². The molecule has 0 fully saturated rings. The van der Waals surface area contributed by atoms with E-state index in [-0.39, 0.29) is 24.2 Å². The van der Waals surface area contributed by atoms with Gasteiger partial charge >= 0.3 is 0 Å². The number of likely N-dealkylation sites (N-methyl/N-ethyl adjacent to an activating group) is 1. The van der Waals surface area contributed by atoms with Gasteiger partial charge in [-0.05, 0) is 41.3 Å². The SMILES string of the molecule is CCNC(=O)[C@H](Cc1ccccc1)N(Cc1cccc(Br)c1)C(=O)CC(c1ccccc1)c1ccccc1. The molecule has 0 bridgehead atoms. The first-order valence-corrected chi connectivity index (χ1v) is 13.8. The van der Waals surface area contributed by atoms with Crippen LogP contribution in [0.3, 0.4) is 0 Å². The molecule has 0 aliphatic heterocycles. The number of hydrogen-bond acceptors (Lipinski definition) is 2. The van der Waals surface area contributed by atoms with Crippen LogP contribution in [-0.2, 0) is 22.6 Å². The molecule has 0 heterocycles. The van der Waals surface area contributed by atoms with Crippen molar-refractivity contribution >= 4 is 27.7 Å². The largest absolute Gasteiger partial charge is 0.355 e. The molecule has 1 atom stereocenters. The van der Waals surface area contributed by atoms with Crippen molar-refractivity contribution in [3.63, 3.8) is 0 Å². The maximum atomic E-state index is 14.3. The average Bonchev–Trinajstić information content (AvgIpc) is 2.95. The maximum absolute atomic E-state index is 14.3. The highest BCUT2D eigenvalue weighted by Gasteiger charge is 2.32. The summed E-state index contributed by atoms with van der Waals surface area (Å²) in [7, 11) is 0. The second kappa shape index (κ2) is 13.7. The van der Waals surface area contributed by atoms with Crippen LogP contribution < -0.4 is 5.32 Å². The molecule has 4 nitrogen and oxygen atoms in total. The highest BCUT2D eigenvalue weighted by molar-refractivity contribution is 9.10. The lowest BCUT2D eigenvalue weighted by molar-refractivity contribution is -0.141. The van der Waals surface area contributed by atoms with Crippen LogP contribution >= 0.6 is 15.9 Å². The number of hydrogen-bond donors (Lipinski definition) is 1. The minimum absolute atomic E-state index is 0.0603. The van der Waals surface area contributed by atoms with E-state index in [2.05, 4.69) is 45.5 Å². The van der Waals surface area contributed by atoms with Crippen molar-refractivity contribution in [2.24, 2.45) is 0 Å². The second-order valence-corrected chi connectivity index (χ2v) is 10.2. The Kier molecular flexibility index (Phi) is 9.88. The third kappa shape index (κ3) is 7.42. The predicted octanol–water partition coefficient (Wildman–Crippen LogP) is 6.75. The van der Waals surface area contributed by atoms with E-state index in [0.29, 0.717) is 19.5 Å². The molecular formula is C33H33BrN2O2. The molecule has 4 aromatic rings. The molecule has 2 amide bonds. The van der Waals surface area contributed by atoms with Crippen LogP contribution in [0.5, 0.6) is 0 Å². The molecule has 5 heteroatoms. The summed E-state index contributed by atoms with van der Waals surface area (Å²) in [5, 5.41) is 2.97. The number of amides is 2. The molecule has 0 aliphatic rings. The third-order valence-corrected chi connectivity index (χ3v) is 7.14. The summed E-state index contributed by atoms with van der Waals surface area (Å²) in [6.45, 7) is 2.74. The molecule has 4 aromatic carbocycles. The second-order valence-electron chi connectivity index (χ2n) is 9.33. The van der Waals surface area contributed by atoms with Gasteiger partial charge in [0.2, 0.25) is 11.8 Å². The van der Waals surface area contributed by atoms with E-state index in [0.717, 1.165) is 26.7 Å². The molecule has 0 spiro atoms. The molecule has 0 saturated heterocycles. The minimum Gasteiger partial charge on any atom is -0.355 e. The number of carbonyl (C=O) groups is 2. The summed E-state index contributed by atoms with van der Waals surface area (Å²) in [6, 6.07) is 37.4. The Hall–Kier alpha value is -3.70. The van der Waals surface area contributed by atoms with Gasteiger partial charge in [0, 0.05) is 36.3 Å². The Morgan fingerprint density at radius 2 is 1.32 bits per heavy atom. The Labute approximate surface area is 233 Å². The topological polar surface area (TPSA) is 49.4 Å². The van der Waals surface area contributed by atoms with E-state index in [1.54, 1.807) is 4.90 Å². The maximum Gasteiger partial charge on any atom is 0.243 e. The van der Waals surface area contributed by atoms with Gasteiger partial charge in [0.1, 0.15) is 6.04 Å². The zero-order valence-corrected chi connectivity index (χ0v) is 23.2. The fourth-order valence-corrected chi connectivity index (χ4v) is 5.22. The van der Waals surface area contributed by atoms with Crippen molar-refractivity contribution in [1.29, 1.82) is 0 Å². The van der Waals surface area contributed by atoms with Crippen molar-refractivity contribution in [2.45, 2.75) is 38.3 Å². The van der Waals surface area contributed by atoms with Crippen LogP contribution in [0.2, 0.25) is 0 Å². The lowest BCUT2D eigenvalue weighted by Crippen LogP contribution is -2.50. The van der Waals surface area contributed by atoms with Crippen LogP contribution in [0.25, 0.3) is 0 Å². The summed E-state index contributed by atoms with van der Waals surface area (Å²) in [5.41, 5.74) is 4.13. The van der Waals surface area contributed by atoms with E-state index in [9.17, 15) is 9.59 Å². The molecule has 0 aliphatic carbocycles. The van der Waals surface area contributed by atoms with Crippen molar-refractivity contribution in [2.75, 3.05) is 6.54 Å². The Balaban J connectivity index is 1.72. The summed E-state index contributed by atoms with van der Waals surface area (Å²) in [4.78, 5) is 29.5. The summed E-state index contributed by atoms with van der Waals surface area (Å²) in [5.74, 6) is -0.327. The Bertz CT molecular complexity index is 1270. The summed E-state index contributed by atoms with van der Waals surface area (Å²) in [6.07, 6.45) is 0.695. The van der Waals surface area contributed by atoms with Crippen LogP contribution in [0.4, 0.5) is 0 Å². The first kappa shape index (κ1) is 27.3. The van der Waals surface area contributed by atoms with Crippen molar-refractivity contribution in [1.82, 2.24) is 10.2 Å². The lowest BCUT2D eigenvalue weighted by Gasteiger charge is -2.33. The number of rotatable bonds is 11. The van der Waals surface area contributed by atoms with Gasteiger partial charge in [0.05, 0.1) is 0 Å². The monoisotopic (exact) mass is 568 g/mol. The van der Waals surface area contributed by atoms with Crippen LogP contribution in [-0.4, -0.2) is 29.3 Å². The normalized spacial score (nSPS) is 11.7. The molecule has 0 saturated carbocycles. The van der Waals surface area contributed by atoms with E-state index >= 15 is 0 Å². The average molecular weight is 570 g/mol. The van der Waals surface area contributed by atoms with Crippen molar-refractivity contribution in [3.8, 4) is 0 Å². The van der Waals surface area contributed by atoms with Crippen LogP contribution in [0.15, 0.2) is 120 Å². The molecule has 194 valence electrons. The van der Waals surface area contributed by atoms with Gasteiger partial charge < -0.3 is 10.2 Å². The molecule has 4 rings (SSSR count). The zero-order chi connectivity index (χ0) is 26.7. The van der Waals surface area contributed by atoms with E-state index in [1.165, 1.54) is 0 Å². The molecule has 1 N–H and O–H groups in total. The van der Waals surface area contributed by atoms with E-state index < -0.39 is 6.04 Å². The first-order valence-electron chi connectivity index (χ1n) is 13.0. The van der Waals surface area contributed by atoms with Crippen LogP contribution in [0.1, 0.15) is 41.5 Å². The predicted molar refractivity (Wildman–Crippen MR) is 157 cm³/mol. The van der Waals surface area contributed by atoms with Gasteiger partial charge in [-0.2, -0.15) is 0 Å². The van der Waals surface area contributed by atoms with Gasteiger partial charge in [0.15, 0.2) is 0 Å². The number of carbonyl (C=O) groups excluding carboxylic acids is 2. The zero-order valence-electron chi connectivity index (χ0n) is 21.6. The fourth-order valence-electron chi connectivity index (χ4n) is 4.77. The fraction of sp³-hybridized carbons (Fsp3) is 0.212. The molecule has 0 aromatic heterocycles.